The standard InChI is InChI=1S/C14H14FN.H3N/c1-2-14(12-4-3-9-16-10-12)11-5-7-13(15)8-6-11;/h3-10,14H,2H2,1H3;1H3. The van der Waals surface area contributed by atoms with Gasteiger partial charge in [0.15, 0.2) is 0 Å². The lowest BCUT2D eigenvalue weighted by molar-refractivity contribution is 0.625. The number of aromatic nitrogens is 1. The van der Waals surface area contributed by atoms with Crippen LogP contribution in [0.15, 0.2) is 48.8 Å². The highest BCUT2D eigenvalue weighted by molar-refractivity contribution is 5.30. The van der Waals surface area contributed by atoms with Crippen LogP contribution in [0.25, 0.3) is 0 Å². The van der Waals surface area contributed by atoms with Crippen LogP contribution in [0, 0.1) is 5.82 Å². The van der Waals surface area contributed by atoms with Crippen molar-refractivity contribution in [1.29, 1.82) is 0 Å². The lowest BCUT2D eigenvalue weighted by Gasteiger charge is -2.15. The fourth-order valence-electron chi connectivity index (χ4n) is 1.94. The van der Waals surface area contributed by atoms with Crippen molar-refractivity contribution in [2.75, 3.05) is 0 Å². The first kappa shape index (κ1) is 13.3. The van der Waals surface area contributed by atoms with Gasteiger partial charge in [0.05, 0.1) is 0 Å². The molecule has 1 atom stereocenters. The Morgan fingerprint density at radius 3 is 2.35 bits per heavy atom. The molecule has 0 saturated heterocycles. The first-order valence-electron chi connectivity index (χ1n) is 5.46. The number of halogens is 1. The van der Waals surface area contributed by atoms with Gasteiger partial charge in [-0.05, 0) is 35.7 Å². The summed E-state index contributed by atoms with van der Waals surface area (Å²) in [7, 11) is 0. The van der Waals surface area contributed by atoms with Gasteiger partial charge in [0.2, 0.25) is 0 Å². The number of pyridine rings is 1. The fraction of sp³-hybridized carbons (Fsp3) is 0.214. The van der Waals surface area contributed by atoms with Crippen LogP contribution in [0.3, 0.4) is 0 Å². The largest absolute Gasteiger partial charge is 0.344 e. The van der Waals surface area contributed by atoms with E-state index < -0.39 is 0 Å². The van der Waals surface area contributed by atoms with Crippen molar-refractivity contribution < 1.29 is 4.39 Å². The minimum Gasteiger partial charge on any atom is -0.344 e. The summed E-state index contributed by atoms with van der Waals surface area (Å²) in [5.41, 5.74) is 2.31. The molecule has 0 aliphatic rings. The van der Waals surface area contributed by atoms with Crippen LogP contribution >= 0.6 is 0 Å². The normalized spacial score (nSPS) is 11.6. The Kier molecular flexibility index (Phi) is 4.79. The molecule has 0 radical (unpaired) electrons. The summed E-state index contributed by atoms with van der Waals surface area (Å²) in [4.78, 5) is 4.12. The molecule has 1 aromatic heterocycles. The van der Waals surface area contributed by atoms with E-state index in [4.69, 9.17) is 0 Å². The molecule has 0 amide bonds. The molecular formula is C14H17FN2. The first-order valence-corrected chi connectivity index (χ1v) is 5.46. The third-order valence-corrected chi connectivity index (χ3v) is 2.77. The van der Waals surface area contributed by atoms with Gasteiger partial charge in [-0.2, -0.15) is 0 Å². The van der Waals surface area contributed by atoms with E-state index in [1.165, 1.54) is 17.7 Å². The molecule has 2 nitrogen and oxygen atoms in total. The Labute approximate surface area is 101 Å². The Hall–Kier alpha value is -1.74. The summed E-state index contributed by atoms with van der Waals surface area (Å²) in [6, 6.07) is 10.7. The van der Waals surface area contributed by atoms with E-state index >= 15 is 0 Å². The molecule has 3 heteroatoms. The van der Waals surface area contributed by atoms with Crippen molar-refractivity contribution in [3.05, 3.63) is 65.7 Å². The van der Waals surface area contributed by atoms with Crippen molar-refractivity contribution >= 4 is 0 Å². The molecular weight excluding hydrogens is 215 g/mol. The number of hydrogen-bond donors (Lipinski definition) is 1. The molecule has 0 bridgehead atoms. The van der Waals surface area contributed by atoms with Gasteiger partial charge in [0.1, 0.15) is 5.82 Å². The van der Waals surface area contributed by atoms with Crippen LogP contribution in [-0.4, -0.2) is 4.98 Å². The van der Waals surface area contributed by atoms with Crippen molar-refractivity contribution in [3.63, 3.8) is 0 Å². The minimum absolute atomic E-state index is 0. The number of benzene rings is 1. The highest BCUT2D eigenvalue weighted by Gasteiger charge is 2.11. The third kappa shape index (κ3) is 3.11. The first-order chi connectivity index (χ1) is 7.81. The Morgan fingerprint density at radius 2 is 1.82 bits per heavy atom. The molecule has 2 rings (SSSR count). The molecule has 0 spiro atoms. The molecule has 0 saturated carbocycles. The second kappa shape index (κ2) is 6.11. The van der Waals surface area contributed by atoms with Crippen LogP contribution in [0.5, 0.6) is 0 Å². The van der Waals surface area contributed by atoms with Crippen LogP contribution in [0.1, 0.15) is 30.4 Å². The monoisotopic (exact) mass is 232 g/mol. The minimum atomic E-state index is -0.190. The molecule has 0 aliphatic heterocycles. The van der Waals surface area contributed by atoms with Gasteiger partial charge in [-0.15, -0.1) is 0 Å². The summed E-state index contributed by atoms with van der Waals surface area (Å²) in [6.45, 7) is 2.13. The highest BCUT2D eigenvalue weighted by atomic mass is 19.1. The summed E-state index contributed by atoms with van der Waals surface area (Å²) >= 11 is 0. The zero-order chi connectivity index (χ0) is 11.4. The summed E-state index contributed by atoms with van der Waals surface area (Å²) < 4.78 is 12.8. The molecule has 3 N–H and O–H groups in total. The molecule has 1 heterocycles. The summed E-state index contributed by atoms with van der Waals surface area (Å²) in [5.74, 6) is 0.110. The highest BCUT2D eigenvalue weighted by Crippen LogP contribution is 2.26. The lowest BCUT2D eigenvalue weighted by atomic mass is 9.90. The topological polar surface area (TPSA) is 47.9 Å². The van der Waals surface area contributed by atoms with Gasteiger partial charge >= 0.3 is 0 Å². The summed E-state index contributed by atoms with van der Waals surface area (Å²) in [5, 5.41) is 0. The van der Waals surface area contributed by atoms with Gasteiger partial charge in [-0.3, -0.25) is 4.98 Å². The molecule has 1 unspecified atom stereocenters. The van der Waals surface area contributed by atoms with Gasteiger partial charge in [0.25, 0.3) is 0 Å². The van der Waals surface area contributed by atoms with Crippen molar-refractivity contribution in [1.82, 2.24) is 11.1 Å². The molecule has 0 fully saturated rings. The van der Waals surface area contributed by atoms with E-state index in [9.17, 15) is 4.39 Å². The van der Waals surface area contributed by atoms with Crippen molar-refractivity contribution in [3.8, 4) is 0 Å². The Bertz CT molecular complexity index is 440. The maximum Gasteiger partial charge on any atom is 0.123 e. The van der Waals surface area contributed by atoms with Gasteiger partial charge in [-0.1, -0.05) is 25.1 Å². The van der Waals surface area contributed by atoms with Gasteiger partial charge < -0.3 is 6.15 Å². The average molecular weight is 232 g/mol. The number of nitrogens with zero attached hydrogens (tertiary/aromatic N) is 1. The van der Waals surface area contributed by atoms with Crippen LogP contribution in [0.2, 0.25) is 0 Å². The number of rotatable bonds is 3. The van der Waals surface area contributed by atoms with Gasteiger partial charge in [0, 0.05) is 18.3 Å². The zero-order valence-electron chi connectivity index (χ0n) is 9.94. The summed E-state index contributed by atoms with van der Waals surface area (Å²) in [6.07, 6.45) is 4.62. The van der Waals surface area contributed by atoms with E-state index in [1.807, 2.05) is 24.4 Å². The maximum absolute atomic E-state index is 12.8. The molecule has 2 aromatic rings. The second-order valence-corrected chi connectivity index (χ2v) is 3.80. The van der Waals surface area contributed by atoms with E-state index in [1.54, 1.807) is 6.20 Å². The van der Waals surface area contributed by atoms with Crippen LogP contribution in [0.4, 0.5) is 4.39 Å². The average Bonchev–Trinajstić information content (AvgIpc) is 2.34. The third-order valence-electron chi connectivity index (χ3n) is 2.77. The van der Waals surface area contributed by atoms with Crippen molar-refractivity contribution in [2.45, 2.75) is 19.3 Å². The van der Waals surface area contributed by atoms with E-state index in [0.29, 0.717) is 5.92 Å². The lowest BCUT2D eigenvalue weighted by Crippen LogP contribution is -2.00. The van der Waals surface area contributed by atoms with Gasteiger partial charge in [-0.25, -0.2) is 4.39 Å². The molecule has 0 aliphatic carbocycles. The number of hydrogen-bond acceptors (Lipinski definition) is 2. The SMILES string of the molecule is CCC(c1ccc(F)cc1)c1cccnc1.N. The quantitative estimate of drug-likeness (QED) is 0.871. The molecule has 1 aromatic carbocycles. The van der Waals surface area contributed by atoms with Crippen LogP contribution < -0.4 is 6.15 Å². The van der Waals surface area contributed by atoms with Crippen LogP contribution in [-0.2, 0) is 0 Å². The predicted octanol–water partition coefficient (Wildman–Crippen LogP) is 3.92. The Balaban J connectivity index is 0.00000144. The predicted molar refractivity (Wildman–Crippen MR) is 67.8 cm³/mol. The maximum atomic E-state index is 12.8. The zero-order valence-corrected chi connectivity index (χ0v) is 9.94. The van der Waals surface area contributed by atoms with E-state index in [-0.39, 0.29) is 12.0 Å². The smallest absolute Gasteiger partial charge is 0.123 e. The van der Waals surface area contributed by atoms with E-state index in [0.717, 1.165) is 12.0 Å². The van der Waals surface area contributed by atoms with E-state index in [2.05, 4.69) is 18.0 Å². The second-order valence-electron chi connectivity index (χ2n) is 3.80. The molecule has 17 heavy (non-hydrogen) atoms. The van der Waals surface area contributed by atoms with Crippen molar-refractivity contribution in [2.24, 2.45) is 0 Å². The fourth-order valence-corrected chi connectivity index (χ4v) is 1.94. The molecule has 90 valence electrons. The Morgan fingerprint density at radius 1 is 1.12 bits per heavy atom.